The van der Waals surface area contributed by atoms with Gasteiger partial charge in [-0.15, -0.1) is 0 Å². The van der Waals surface area contributed by atoms with Crippen LogP contribution in [0, 0.1) is 0 Å². The molecule has 152 valence electrons. The van der Waals surface area contributed by atoms with E-state index in [2.05, 4.69) is 27.1 Å². The Morgan fingerprint density at radius 1 is 1.07 bits per heavy atom. The molecule has 3 aromatic rings. The van der Waals surface area contributed by atoms with Gasteiger partial charge in [-0.05, 0) is 37.7 Å². The lowest BCUT2D eigenvalue weighted by atomic mass is 10.1. The smallest absolute Gasteiger partial charge is 0.268 e. The molecule has 1 aliphatic heterocycles. The third-order valence-electron chi connectivity index (χ3n) is 5.59. The largest absolute Gasteiger partial charge is 0.351 e. The maximum atomic E-state index is 12.9. The Balaban J connectivity index is 1.45. The number of benzene rings is 2. The molecular formula is C23H27ClN4O. The molecule has 29 heavy (non-hydrogen) atoms. The number of aromatic nitrogens is 1. The number of halogens is 1. The van der Waals surface area contributed by atoms with Gasteiger partial charge in [0, 0.05) is 48.5 Å². The molecule has 4 rings (SSSR count). The van der Waals surface area contributed by atoms with Gasteiger partial charge in [-0.1, -0.05) is 48.0 Å². The summed E-state index contributed by atoms with van der Waals surface area (Å²) in [6, 6.07) is 15.7. The van der Waals surface area contributed by atoms with Gasteiger partial charge < -0.3 is 20.1 Å². The molecule has 2 aromatic carbocycles. The topological polar surface area (TPSA) is 51.4 Å². The van der Waals surface area contributed by atoms with Crippen molar-refractivity contribution < 1.29 is 4.79 Å². The molecule has 2 heterocycles. The lowest BCUT2D eigenvalue weighted by Crippen LogP contribution is -2.45. The van der Waals surface area contributed by atoms with E-state index in [-0.39, 0.29) is 5.91 Å². The number of carbonyl (C=O) groups excluding carboxylic acids is 1. The number of amides is 1. The van der Waals surface area contributed by atoms with Crippen LogP contribution in [0.4, 0.5) is 0 Å². The Bertz CT molecular complexity index is 977. The second-order valence-electron chi connectivity index (χ2n) is 7.69. The van der Waals surface area contributed by atoms with Crippen LogP contribution in [0.25, 0.3) is 22.0 Å². The quantitative estimate of drug-likeness (QED) is 0.607. The predicted molar refractivity (Wildman–Crippen MR) is 120 cm³/mol. The summed E-state index contributed by atoms with van der Waals surface area (Å²) >= 11 is 6.23. The van der Waals surface area contributed by atoms with Crippen LogP contribution in [0.5, 0.6) is 0 Å². The molecule has 1 aliphatic rings. The maximum Gasteiger partial charge on any atom is 0.268 e. The van der Waals surface area contributed by atoms with Gasteiger partial charge in [0.05, 0.1) is 5.69 Å². The number of likely N-dealkylation sites (N-methyl/N-ethyl adjacent to an activating group) is 1. The molecular weight excluding hydrogens is 384 g/mol. The molecule has 0 saturated carbocycles. The highest BCUT2D eigenvalue weighted by atomic mass is 35.5. The fourth-order valence-electron chi connectivity index (χ4n) is 3.88. The minimum atomic E-state index is -0.0714. The van der Waals surface area contributed by atoms with Gasteiger partial charge in [-0.3, -0.25) is 4.79 Å². The number of aromatic amines is 1. The van der Waals surface area contributed by atoms with Crippen LogP contribution in [0.1, 0.15) is 16.9 Å². The zero-order valence-corrected chi connectivity index (χ0v) is 17.5. The number of hydrogen-bond donors (Lipinski definition) is 2. The Labute approximate surface area is 176 Å². The SMILES string of the molecule is CN1CCN(CCCNC(=O)c2[nH]c(-c3ccccc3)c3cc(Cl)ccc23)CC1. The minimum absolute atomic E-state index is 0.0714. The van der Waals surface area contributed by atoms with Crippen molar-refractivity contribution in [1.29, 1.82) is 0 Å². The summed E-state index contributed by atoms with van der Waals surface area (Å²) in [5.74, 6) is -0.0714. The van der Waals surface area contributed by atoms with Crippen molar-refractivity contribution in [2.24, 2.45) is 0 Å². The number of hydrogen-bond acceptors (Lipinski definition) is 3. The second kappa shape index (κ2) is 8.99. The van der Waals surface area contributed by atoms with Crippen LogP contribution in [-0.4, -0.2) is 67.0 Å². The Morgan fingerprint density at radius 2 is 1.83 bits per heavy atom. The number of H-pyrrole nitrogens is 1. The summed E-state index contributed by atoms with van der Waals surface area (Å²) in [6.45, 7) is 6.13. The second-order valence-corrected chi connectivity index (χ2v) is 8.12. The summed E-state index contributed by atoms with van der Waals surface area (Å²) in [4.78, 5) is 21.0. The Hall–Kier alpha value is -2.34. The molecule has 2 N–H and O–H groups in total. The number of fused-ring (bicyclic) bond motifs is 1. The summed E-state index contributed by atoms with van der Waals surface area (Å²) in [5, 5.41) is 5.60. The minimum Gasteiger partial charge on any atom is -0.351 e. The lowest BCUT2D eigenvalue weighted by Gasteiger charge is -2.32. The third-order valence-corrected chi connectivity index (χ3v) is 5.83. The summed E-state index contributed by atoms with van der Waals surface area (Å²) in [7, 11) is 2.16. The van der Waals surface area contributed by atoms with Crippen molar-refractivity contribution in [1.82, 2.24) is 20.1 Å². The van der Waals surface area contributed by atoms with Gasteiger partial charge in [-0.25, -0.2) is 0 Å². The number of piperazine rings is 1. The highest BCUT2D eigenvalue weighted by Gasteiger charge is 2.18. The van der Waals surface area contributed by atoms with E-state index >= 15 is 0 Å². The van der Waals surface area contributed by atoms with Crippen LogP contribution in [-0.2, 0) is 0 Å². The van der Waals surface area contributed by atoms with E-state index in [9.17, 15) is 4.79 Å². The van der Waals surface area contributed by atoms with Gasteiger partial charge >= 0.3 is 0 Å². The van der Waals surface area contributed by atoms with E-state index in [1.807, 2.05) is 48.5 Å². The third kappa shape index (κ3) is 4.64. The number of nitrogens with zero attached hydrogens (tertiary/aromatic N) is 2. The molecule has 0 unspecified atom stereocenters. The van der Waals surface area contributed by atoms with Crippen molar-refractivity contribution in [3.8, 4) is 11.3 Å². The van der Waals surface area contributed by atoms with Crippen LogP contribution >= 0.6 is 11.6 Å². The van der Waals surface area contributed by atoms with Gasteiger partial charge in [0.1, 0.15) is 5.69 Å². The summed E-state index contributed by atoms with van der Waals surface area (Å²) in [6.07, 6.45) is 0.950. The average molecular weight is 411 g/mol. The fourth-order valence-corrected chi connectivity index (χ4v) is 4.05. The molecule has 5 nitrogen and oxygen atoms in total. The molecule has 6 heteroatoms. The molecule has 1 amide bonds. The van der Waals surface area contributed by atoms with Gasteiger partial charge in [0.25, 0.3) is 5.91 Å². The van der Waals surface area contributed by atoms with Crippen molar-refractivity contribution in [2.75, 3.05) is 46.3 Å². The molecule has 0 aliphatic carbocycles. The van der Waals surface area contributed by atoms with E-state index in [4.69, 9.17) is 11.6 Å². The molecule has 1 fully saturated rings. The van der Waals surface area contributed by atoms with Gasteiger partial charge in [-0.2, -0.15) is 0 Å². The molecule has 0 spiro atoms. The standard InChI is InChI=1S/C23H27ClN4O/c1-27-12-14-28(15-13-27)11-5-10-25-23(29)22-19-9-8-18(24)16-20(19)21(26-22)17-6-3-2-4-7-17/h2-4,6-9,16,26H,5,10-15H2,1H3,(H,25,29). The van der Waals surface area contributed by atoms with Crippen LogP contribution in [0.15, 0.2) is 48.5 Å². The zero-order valence-electron chi connectivity index (χ0n) is 16.7. The average Bonchev–Trinajstić information content (AvgIpc) is 3.12. The van der Waals surface area contributed by atoms with E-state index < -0.39 is 0 Å². The molecule has 0 atom stereocenters. The molecule has 1 saturated heterocycles. The van der Waals surface area contributed by atoms with Crippen molar-refractivity contribution in [3.63, 3.8) is 0 Å². The number of carbonyl (C=O) groups is 1. The monoisotopic (exact) mass is 410 g/mol. The normalized spacial score (nSPS) is 15.7. The first-order valence-corrected chi connectivity index (χ1v) is 10.6. The lowest BCUT2D eigenvalue weighted by molar-refractivity contribution is 0.0947. The van der Waals surface area contributed by atoms with Gasteiger partial charge in [0.15, 0.2) is 0 Å². The summed E-state index contributed by atoms with van der Waals surface area (Å²) in [5.41, 5.74) is 2.55. The van der Waals surface area contributed by atoms with Crippen LogP contribution in [0.2, 0.25) is 5.02 Å². The first kappa shape index (κ1) is 20.0. The maximum absolute atomic E-state index is 12.9. The number of rotatable bonds is 6. The first-order chi connectivity index (χ1) is 14.1. The van der Waals surface area contributed by atoms with E-state index in [1.165, 1.54) is 0 Å². The van der Waals surface area contributed by atoms with Crippen molar-refractivity contribution >= 4 is 28.3 Å². The molecule has 1 aromatic heterocycles. The predicted octanol–water partition coefficient (Wildman–Crippen LogP) is 3.86. The zero-order chi connectivity index (χ0) is 20.2. The van der Waals surface area contributed by atoms with E-state index in [0.717, 1.165) is 61.2 Å². The van der Waals surface area contributed by atoms with Gasteiger partial charge in [0.2, 0.25) is 0 Å². The Kier molecular flexibility index (Phi) is 6.19. The Morgan fingerprint density at radius 3 is 2.59 bits per heavy atom. The van der Waals surface area contributed by atoms with Crippen LogP contribution < -0.4 is 5.32 Å². The van der Waals surface area contributed by atoms with Crippen molar-refractivity contribution in [3.05, 3.63) is 59.2 Å². The highest BCUT2D eigenvalue weighted by Crippen LogP contribution is 2.32. The van der Waals surface area contributed by atoms with Crippen molar-refractivity contribution in [2.45, 2.75) is 6.42 Å². The summed E-state index contributed by atoms with van der Waals surface area (Å²) < 4.78 is 0. The number of nitrogens with one attached hydrogen (secondary N) is 2. The fraction of sp³-hybridized carbons (Fsp3) is 0.348. The van der Waals surface area contributed by atoms with E-state index in [0.29, 0.717) is 17.3 Å². The molecule has 0 radical (unpaired) electrons. The van der Waals surface area contributed by atoms with Crippen LogP contribution in [0.3, 0.4) is 0 Å². The molecule has 0 bridgehead atoms. The highest BCUT2D eigenvalue weighted by molar-refractivity contribution is 6.31. The first-order valence-electron chi connectivity index (χ1n) is 10.2. The van der Waals surface area contributed by atoms with E-state index in [1.54, 1.807) is 0 Å².